The van der Waals surface area contributed by atoms with Crippen molar-refractivity contribution >= 4 is 79.2 Å². The zero-order valence-corrected chi connectivity index (χ0v) is 24.9. The average Bonchev–Trinajstić information content (AvgIpc) is 3.46. The van der Waals surface area contributed by atoms with Crippen LogP contribution in [0.1, 0.15) is 21.1 Å². The van der Waals surface area contributed by atoms with Crippen LogP contribution in [0.5, 0.6) is 0 Å². The van der Waals surface area contributed by atoms with Gasteiger partial charge < -0.3 is 4.90 Å². The number of carbonyl (C=O) groups excluding carboxylic acids is 1. The number of fused-ring (bicyclic) bond motifs is 2. The number of allylic oxidation sites excluding steroid dienone is 6. The topological polar surface area (TPSA) is 39.2 Å². The minimum Gasteiger partial charge on any atom is -0.369 e. The van der Waals surface area contributed by atoms with Crippen LogP contribution in [-0.4, -0.2) is 43.3 Å². The second-order valence-corrected chi connectivity index (χ2v) is 13.2. The Hall–Kier alpha value is -3.49. The molecule has 0 unspecified atom stereocenters. The second-order valence-electron chi connectivity index (χ2n) is 10.5. The Morgan fingerprint density at radius 2 is 1.76 bits per heavy atom. The summed E-state index contributed by atoms with van der Waals surface area (Å²) in [6, 6.07) is 21.3. The number of rotatable bonds is 5. The Kier molecular flexibility index (Phi) is 7.35. The van der Waals surface area contributed by atoms with E-state index in [1.54, 1.807) is 22.6 Å². The van der Waals surface area contributed by atoms with Crippen LogP contribution in [0.2, 0.25) is 0 Å². The quantitative estimate of drug-likeness (QED) is 0.234. The maximum absolute atomic E-state index is 13.4. The standard InChI is InChI=1S/C33H29ClN4OS2/c34-25-6-4-5-23(9-10-25)31-19-29-32(41-31)20-33(39)38(22-35-29)27-11-12-30-24(17-27)18-28(40-30)21-36-13-15-37(16-14-36)26-7-2-1-3-8-26/h1-4,6-12,17-19,22H,5,13-16,20-21H2. The molecule has 0 atom stereocenters. The molecule has 1 amide bonds. The summed E-state index contributed by atoms with van der Waals surface area (Å²) in [5.74, 6) is 0.0321. The lowest BCUT2D eigenvalue weighted by Crippen LogP contribution is -2.45. The number of carbonyl (C=O) groups is 1. The van der Waals surface area contributed by atoms with Gasteiger partial charge in [-0.25, -0.2) is 4.99 Å². The molecule has 0 saturated carbocycles. The van der Waals surface area contributed by atoms with Crippen LogP contribution in [0.25, 0.3) is 15.7 Å². The van der Waals surface area contributed by atoms with Gasteiger partial charge in [0, 0.05) is 62.8 Å². The molecule has 4 aromatic rings. The number of halogens is 1. The Morgan fingerprint density at radius 3 is 2.61 bits per heavy atom. The van der Waals surface area contributed by atoms with E-state index in [0.29, 0.717) is 6.42 Å². The maximum Gasteiger partial charge on any atom is 0.237 e. The number of thiophene rings is 2. The lowest BCUT2D eigenvalue weighted by Gasteiger charge is -2.35. The summed E-state index contributed by atoms with van der Waals surface area (Å²) in [5.41, 5.74) is 4.22. The van der Waals surface area contributed by atoms with Gasteiger partial charge in [0.05, 0.1) is 17.8 Å². The van der Waals surface area contributed by atoms with Crippen LogP contribution in [0, 0.1) is 0 Å². The van der Waals surface area contributed by atoms with Gasteiger partial charge in [0.2, 0.25) is 5.91 Å². The van der Waals surface area contributed by atoms with E-state index in [1.165, 1.54) is 26.2 Å². The number of amides is 1. The number of nitrogens with zero attached hydrogens (tertiary/aromatic N) is 4. The molecule has 206 valence electrons. The summed E-state index contributed by atoms with van der Waals surface area (Å²) in [6.07, 6.45) is 10.8. The summed E-state index contributed by atoms with van der Waals surface area (Å²) in [5, 5.41) is 1.89. The zero-order chi connectivity index (χ0) is 27.8. The monoisotopic (exact) mass is 596 g/mol. The first kappa shape index (κ1) is 26.4. The molecular formula is C33H29ClN4OS2. The molecule has 1 aliphatic carbocycles. The first-order valence-electron chi connectivity index (χ1n) is 13.9. The van der Waals surface area contributed by atoms with Crippen molar-refractivity contribution in [3.05, 3.63) is 105 Å². The fraction of sp³-hybridized carbons (Fsp3) is 0.212. The highest BCUT2D eigenvalue weighted by Gasteiger charge is 2.23. The predicted molar refractivity (Wildman–Crippen MR) is 175 cm³/mol. The molecule has 2 aliphatic heterocycles. The lowest BCUT2D eigenvalue weighted by molar-refractivity contribution is -0.116. The number of piperazine rings is 1. The third-order valence-corrected chi connectivity index (χ3v) is 10.3. The molecule has 2 aromatic heterocycles. The third kappa shape index (κ3) is 5.68. The van der Waals surface area contributed by atoms with Crippen molar-refractivity contribution in [2.24, 2.45) is 4.99 Å². The van der Waals surface area contributed by atoms with Crippen molar-refractivity contribution in [3.63, 3.8) is 0 Å². The summed E-state index contributed by atoms with van der Waals surface area (Å²) in [6.45, 7) is 5.15. The molecule has 8 heteroatoms. The van der Waals surface area contributed by atoms with Crippen molar-refractivity contribution in [2.75, 3.05) is 36.0 Å². The normalized spacial score (nSPS) is 17.8. The molecule has 4 heterocycles. The minimum atomic E-state index is 0.0321. The fourth-order valence-electron chi connectivity index (χ4n) is 5.55. The molecule has 0 N–H and O–H groups in total. The van der Waals surface area contributed by atoms with E-state index in [0.717, 1.165) is 65.3 Å². The van der Waals surface area contributed by atoms with Gasteiger partial charge >= 0.3 is 0 Å². The van der Waals surface area contributed by atoms with E-state index in [-0.39, 0.29) is 5.91 Å². The van der Waals surface area contributed by atoms with Crippen molar-refractivity contribution in [1.82, 2.24) is 4.90 Å². The van der Waals surface area contributed by atoms with Gasteiger partial charge in [0.25, 0.3) is 0 Å². The molecule has 41 heavy (non-hydrogen) atoms. The number of para-hydroxylation sites is 1. The Labute approximate surface area is 253 Å². The zero-order valence-electron chi connectivity index (χ0n) is 22.5. The fourth-order valence-corrected chi connectivity index (χ4v) is 7.92. The van der Waals surface area contributed by atoms with E-state index in [1.807, 2.05) is 29.6 Å². The Morgan fingerprint density at radius 1 is 0.902 bits per heavy atom. The number of aliphatic imine (C=N–C) groups is 1. The van der Waals surface area contributed by atoms with E-state index in [4.69, 9.17) is 16.6 Å². The van der Waals surface area contributed by atoms with Gasteiger partial charge in [0.1, 0.15) is 6.34 Å². The average molecular weight is 597 g/mol. The van der Waals surface area contributed by atoms with Gasteiger partial charge in [-0.15, -0.1) is 22.7 Å². The molecule has 2 aromatic carbocycles. The molecule has 5 nitrogen and oxygen atoms in total. The third-order valence-electron chi connectivity index (χ3n) is 7.76. The van der Waals surface area contributed by atoms with Gasteiger partial charge in [-0.2, -0.15) is 0 Å². The number of anilines is 2. The van der Waals surface area contributed by atoms with Crippen LogP contribution in [-0.2, 0) is 17.8 Å². The summed E-state index contributed by atoms with van der Waals surface area (Å²) in [7, 11) is 0. The Balaban J connectivity index is 1.04. The smallest absolute Gasteiger partial charge is 0.237 e. The molecule has 0 radical (unpaired) electrons. The molecule has 7 rings (SSSR count). The van der Waals surface area contributed by atoms with E-state index >= 15 is 0 Å². The minimum absolute atomic E-state index is 0.0321. The van der Waals surface area contributed by atoms with Crippen molar-refractivity contribution < 1.29 is 4.79 Å². The van der Waals surface area contributed by atoms with Crippen molar-refractivity contribution in [2.45, 2.75) is 19.4 Å². The second kappa shape index (κ2) is 11.4. The van der Waals surface area contributed by atoms with Crippen LogP contribution >= 0.6 is 34.3 Å². The molecule has 1 saturated heterocycles. The predicted octanol–water partition coefficient (Wildman–Crippen LogP) is 8.00. The molecule has 3 aliphatic rings. The lowest BCUT2D eigenvalue weighted by atomic mass is 10.1. The summed E-state index contributed by atoms with van der Waals surface area (Å²) >= 11 is 9.64. The summed E-state index contributed by atoms with van der Waals surface area (Å²) in [4.78, 5) is 28.3. The highest BCUT2D eigenvalue weighted by Crippen LogP contribution is 2.38. The van der Waals surface area contributed by atoms with Crippen molar-refractivity contribution in [1.29, 1.82) is 0 Å². The van der Waals surface area contributed by atoms with E-state index < -0.39 is 0 Å². The largest absolute Gasteiger partial charge is 0.369 e. The summed E-state index contributed by atoms with van der Waals surface area (Å²) < 4.78 is 1.24. The van der Waals surface area contributed by atoms with Crippen LogP contribution in [0.3, 0.4) is 0 Å². The highest BCUT2D eigenvalue weighted by atomic mass is 35.5. The van der Waals surface area contributed by atoms with E-state index in [2.05, 4.69) is 76.5 Å². The van der Waals surface area contributed by atoms with Crippen molar-refractivity contribution in [3.8, 4) is 0 Å². The maximum atomic E-state index is 13.4. The van der Waals surface area contributed by atoms with Gasteiger partial charge in [-0.3, -0.25) is 14.6 Å². The van der Waals surface area contributed by atoms with E-state index in [9.17, 15) is 4.79 Å². The number of hydrogen-bond acceptors (Lipinski definition) is 6. The van der Waals surface area contributed by atoms with Gasteiger partial charge in [-0.1, -0.05) is 42.0 Å². The molecule has 0 spiro atoms. The SMILES string of the molecule is O=C1Cc2sc(C3=CC=C(Cl)C=CC3)cc2N=CN1c1ccc2sc(CN3CCN(c4ccccc4)CC3)cc2c1. The number of hydrogen-bond donors (Lipinski definition) is 0. The number of benzene rings is 2. The highest BCUT2D eigenvalue weighted by molar-refractivity contribution is 7.19. The molecular weight excluding hydrogens is 568 g/mol. The molecule has 0 bridgehead atoms. The van der Waals surface area contributed by atoms with Crippen LogP contribution < -0.4 is 9.80 Å². The van der Waals surface area contributed by atoms with Crippen LogP contribution in [0.15, 0.2) is 95.0 Å². The van der Waals surface area contributed by atoms with Crippen LogP contribution in [0.4, 0.5) is 17.1 Å². The molecule has 1 fully saturated rings. The first-order valence-corrected chi connectivity index (χ1v) is 15.9. The van der Waals surface area contributed by atoms with Gasteiger partial charge in [-0.05, 0) is 72.0 Å². The first-order chi connectivity index (χ1) is 20.1. The Bertz CT molecular complexity index is 1720. The van der Waals surface area contributed by atoms with Gasteiger partial charge in [0.15, 0.2) is 0 Å².